The highest BCUT2D eigenvalue weighted by atomic mass is 16.7. The van der Waals surface area contributed by atoms with Crippen LogP contribution in [0.4, 0.5) is 0 Å². The van der Waals surface area contributed by atoms with Gasteiger partial charge in [-0.2, -0.15) is 0 Å². The molecule has 1 N–H and O–H groups in total. The number of hydrogen-bond donors (Lipinski definition) is 1. The fraction of sp³-hybridized carbons (Fsp3) is 0.938. The minimum Gasteiger partial charge on any atom is -0.466 e. The minimum absolute atomic E-state index is 0.115. The first kappa shape index (κ1) is 69.8. The van der Waals surface area contributed by atoms with Gasteiger partial charge in [0.25, 0.3) is 0 Å². The number of hydrogen-bond acceptors (Lipinski definition) is 9. The van der Waals surface area contributed by atoms with Crippen molar-refractivity contribution < 1.29 is 43.2 Å². The number of aliphatic hydroxyl groups is 1. The monoisotopic (exact) mass is 1050 g/mol. The zero-order valence-corrected chi connectivity index (χ0v) is 49.5. The van der Waals surface area contributed by atoms with Crippen molar-refractivity contribution in [2.75, 3.05) is 19.8 Å². The molecule has 1 amide bonds. The molecule has 0 aromatic carbocycles. The molecule has 1 rings (SSSR count). The van der Waals surface area contributed by atoms with Gasteiger partial charge in [0.15, 0.2) is 0 Å². The quantitative estimate of drug-likeness (QED) is 0.0274. The molecule has 74 heavy (non-hydrogen) atoms. The third-order valence-corrected chi connectivity index (χ3v) is 15.4. The summed E-state index contributed by atoms with van der Waals surface area (Å²) in [6, 6.07) is -0.788. The van der Waals surface area contributed by atoms with Crippen molar-refractivity contribution in [2.45, 2.75) is 367 Å². The van der Waals surface area contributed by atoms with E-state index in [1.165, 1.54) is 178 Å². The number of aliphatic hydroxyl groups excluding tert-OH is 1. The molecule has 1 fully saturated rings. The summed E-state index contributed by atoms with van der Waals surface area (Å²) in [6.45, 7) is 12.1. The van der Waals surface area contributed by atoms with Gasteiger partial charge in [-0.25, -0.2) is 4.79 Å². The fourth-order valence-electron chi connectivity index (χ4n) is 10.7. The van der Waals surface area contributed by atoms with Crippen LogP contribution in [0.15, 0.2) is 0 Å². The van der Waals surface area contributed by atoms with E-state index in [2.05, 4.69) is 34.6 Å². The largest absolute Gasteiger partial charge is 0.466 e. The van der Waals surface area contributed by atoms with E-state index in [1.807, 2.05) is 0 Å². The minimum atomic E-state index is -0.858. The van der Waals surface area contributed by atoms with Crippen molar-refractivity contribution in [3.8, 4) is 0 Å². The molecule has 0 aliphatic carbocycles. The molecule has 436 valence electrons. The molecule has 1 aliphatic heterocycles. The number of unbranched alkanes of at least 4 members (excludes halogenated alkanes) is 33. The summed E-state index contributed by atoms with van der Waals surface area (Å²) in [5.74, 6) is -1.87. The third kappa shape index (κ3) is 39.2. The molecule has 10 nitrogen and oxygen atoms in total. The molecule has 0 spiro atoms. The maximum atomic E-state index is 13.9. The fourth-order valence-corrected chi connectivity index (χ4v) is 10.7. The van der Waals surface area contributed by atoms with Crippen LogP contribution in [0.25, 0.3) is 0 Å². The topological polar surface area (TPSA) is 129 Å². The standard InChI is InChI=1S/C64H121NO9/c1-6-11-16-21-26-27-28-35-44-53-71-61(68)49-41-40-48-60(67)65-56-57(66)55-59(65)63(70)72-54-45-36-29-32-39-50-62(69)74-64(51-42-33-24-19-14-9-4,52-43-34-25-20-15-10-5)73-58(46-37-30-22-17-12-7-2)47-38-31-23-18-13-8-3/h57-59,66H,6-56H2,1-5H3/t57?,59-/m0/s1. The van der Waals surface area contributed by atoms with Gasteiger partial charge < -0.3 is 29.0 Å². The van der Waals surface area contributed by atoms with Crippen LogP contribution < -0.4 is 0 Å². The van der Waals surface area contributed by atoms with Gasteiger partial charge in [0.2, 0.25) is 11.7 Å². The summed E-state index contributed by atoms with van der Waals surface area (Å²) >= 11 is 0. The lowest BCUT2D eigenvalue weighted by Crippen LogP contribution is -2.42. The summed E-state index contributed by atoms with van der Waals surface area (Å²) in [5.41, 5.74) is 0. The van der Waals surface area contributed by atoms with E-state index in [0.717, 1.165) is 89.9 Å². The predicted octanol–water partition coefficient (Wildman–Crippen LogP) is 18.1. The molecular weight excluding hydrogens is 927 g/mol. The lowest BCUT2D eigenvalue weighted by atomic mass is 9.97. The molecule has 0 aromatic heterocycles. The zero-order chi connectivity index (χ0) is 54.0. The van der Waals surface area contributed by atoms with Gasteiger partial charge in [-0.15, -0.1) is 0 Å². The van der Waals surface area contributed by atoms with Crippen LogP contribution in [0.3, 0.4) is 0 Å². The Labute approximate surface area is 456 Å². The number of esters is 3. The third-order valence-electron chi connectivity index (χ3n) is 15.4. The van der Waals surface area contributed by atoms with Crippen LogP contribution in [0.1, 0.15) is 343 Å². The van der Waals surface area contributed by atoms with Crippen molar-refractivity contribution in [3.63, 3.8) is 0 Å². The second-order valence-electron chi connectivity index (χ2n) is 22.7. The maximum absolute atomic E-state index is 13.9. The van der Waals surface area contributed by atoms with E-state index in [4.69, 9.17) is 18.9 Å². The molecule has 0 saturated carbocycles. The second-order valence-corrected chi connectivity index (χ2v) is 22.7. The smallest absolute Gasteiger partial charge is 0.328 e. The van der Waals surface area contributed by atoms with Crippen molar-refractivity contribution in [2.24, 2.45) is 0 Å². The molecule has 10 heteroatoms. The van der Waals surface area contributed by atoms with Gasteiger partial charge in [0.05, 0.1) is 25.4 Å². The van der Waals surface area contributed by atoms with Crippen LogP contribution >= 0.6 is 0 Å². The van der Waals surface area contributed by atoms with Crippen molar-refractivity contribution >= 4 is 23.8 Å². The van der Waals surface area contributed by atoms with E-state index < -0.39 is 23.9 Å². The molecule has 0 aromatic rings. The van der Waals surface area contributed by atoms with Crippen LogP contribution in [-0.2, 0) is 38.1 Å². The first-order valence-electron chi connectivity index (χ1n) is 32.3. The van der Waals surface area contributed by atoms with E-state index in [1.54, 1.807) is 0 Å². The molecule has 1 saturated heterocycles. The van der Waals surface area contributed by atoms with Crippen LogP contribution in [0, 0.1) is 0 Å². The average molecular weight is 1050 g/mol. The SMILES string of the molecule is CCCCCCCCCCCOC(=O)CCCCC(=O)N1CC(O)C[C@H]1C(=O)OCCCCCCCC(=O)OC(CCCCCCCC)(CCCCCCCC)OC(CCCCCCCC)CCCCCCCC. The van der Waals surface area contributed by atoms with Gasteiger partial charge in [0, 0.05) is 45.1 Å². The normalized spacial score (nSPS) is 14.8. The van der Waals surface area contributed by atoms with Gasteiger partial charge in [-0.05, 0) is 57.8 Å². The maximum Gasteiger partial charge on any atom is 0.328 e. The predicted molar refractivity (Wildman–Crippen MR) is 307 cm³/mol. The lowest BCUT2D eigenvalue weighted by Gasteiger charge is -2.37. The Bertz CT molecular complexity index is 1280. The summed E-state index contributed by atoms with van der Waals surface area (Å²) in [4.78, 5) is 53.9. The van der Waals surface area contributed by atoms with Gasteiger partial charge in [-0.3, -0.25) is 14.4 Å². The number of nitrogens with zero attached hydrogens (tertiary/aromatic N) is 1. The first-order valence-corrected chi connectivity index (χ1v) is 32.3. The molecule has 2 atom stereocenters. The molecule has 1 unspecified atom stereocenters. The highest BCUT2D eigenvalue weighted by molar-refractivity contribution is 5.85. The summed E-state index contributed by atoms with van der Waals surface area (Å²) in [5, 5.41) is 10.4. The Morgan fingerprint density at radius 3 is 1.28 bits per heavy atom. The average Bonchev–Trinajstić information content (AvgIpc) is 3.79. The van der Waals surface area contributed by atoms with Crippen LogP contribution in [-0.4, -0.2) is 77.6 Å². The van der Waals surface area contributed by atoms with E-state index in [-0.39, 0.29) is 56.4 Å². The van der Waals surface area contributed by atoms with Crippen LogP contribution in [0.5, 0.6) is 0 Å². The Balaban J connectivity index is 2.69. The summed E-state index contributed by atoms with van der Waals surface area (Å²) < 4.78 is 25.0. The molecule has 1 aliphatic rings. The number of amides is 1. The number of β-amino-alcohol motifs (C(OH)–C–C–N with tert-alkyl or cyclic N) is 1. The summed E-state index contributed by atoms with van der Waals surface area (Å²) in [6.07, 6.45) is 49.6. The number of ether oxygens (including phenoxy) is 4. The zero-order valence-electron chi connectivity index (χ0n) is 49.5. The van der Waals surface area contributed by atoms with E-state index in [0.29, 0.717) is 32.3 Å². The van der Waals surface area contributed by atoms with Gasteiger partial charge in [0.1, 0.15) is 6.04 Å². The Kier molecular flexibility index (Phi) is 47.5. The van der Waals surface area contributed by atoms with E-state index in [9.17, 15) is 24.3 Å². The molecule has 0 bridgehead atoms. The van der Waals surface area contributed by atoms with Crippen molar-refractivity contribution in [1.29, 1.82) is 0 Å². The second kappa shape index (κ2) is 50.3. The highest BCUT2D eigenvalue weighted by Gasteiger charge is 2.40. The highest BCUT2D eigenvalue weighted by Crippen LogP contribution is 2.34. The number of likely N-dealkylation sites (tertiary alicyclic amines) is 1. The summed E-state index contributed by atoms with van der Waals surface area (Å²) in [7, 11) is 0. The number of carbonyl (C=O) groups is 4. The Morgan fingerprint density at radius 2 is 0.811 bits per heavy atom. The molecule has 1 heterocycles. The Morgan fingerprint density at radius 1 is 0.446 bits per heavy atom. The van der Waals surface area contributed by atoms with Gasteiger partial charge >= 0.3 is 17.9 Å². The first-order chi connectivity index (χ1) is 36.1. The number of carbonyl (C=O) groups excluding carboxylic acids is 4. The Hall–Kier alpha value is -2.20. The lowest BCUT2D eigenvalue weighted by molar-refractivity contribution is -0.259. The van der Waals surface area contributed by atoms with Crippen molar-refractivity contribution in [1.82, 2.24) is 4.90 Å². The van der Waals surface area contributed by atoms with Crippen LogP contribution in [0.2, 0.25) is 0 Å². The molecule has 0 radical (unpaired) electrons. The molecular formula is C64H121NO9. The van der Waals surface area contributed by atoms with Gasteiger partial charge in [-0.1, -0.05) is 247 Å². The number of rotatable bonds is 55. The van der Waals surface area contributed by atoms with E-state index >= 15 is 0 Å². The van der Waals surface area contributed by atoms with Crippen molar-refractivity contribution in [3.05, 3.63) is 0 Å².